The number of allylic oxidation sites excluding steroid dienone is 2. The van der Waals surface area contributed by atoms with E-state index in [9.17, 15) is 14.0 Å². The zero-order valence-corrected chi connectivity index (χ0v) is 17.1. The van der Waals surface area contributed by atoms with Crippen LogP contribution in [0.3, 0.4) is 0 Å². The van der Waals surface area contributed by atoms with Crippen LogP contribution in [0.15, 0.2) is 66.0 Å². The Morgan fingerprint density at radius 3 is 2.71 bits per heavy atom. The number of benzene rings is 2. The van der Waals surface area contributed by atoms with Crippen LogP contribution >= 0.6 is 11.6 Å². The van der Waals surface area contributed by atoms with Crippen LogP contribution in [-0.4, -0.2) is 21.5 Å². The third kappa shape index (κ3) is 3.41. The molecule has 1 unspecified atom stereocenters. The highest BCUT2D eigenvalue weighted by Crippen LogP contribution is 2.43. The number of hydrogen-bond donors (Lipinski definition) is 2. The van der Waals surface area contributed by atoms with Crippen LogP contribution in [0.25, 0.3) is 0 Å². The van der Waals surface area contributed by atoms with E-state index in [1.807, 2.05) is 18.2 Å². The largest absolute Gasteiger partial charge is 0.343 e. The van der Waals surface area contributed by atoms with Crippen molar-refractivity contribution in [3.8, 4) is 0 Å². The van der Waals surface area contributed by atoms with Crippen LogP contribution in [0.2, 0.25) is 5.02 Å². The van der Waals surface area contributed by atoms with E-state index >= 15 is 0 Å². The molecule has 31 heavy (non-hydrogen) atoms. The first-order chi connectivity index (χ1) is 15.0. The molecular weight excluding hydrogens is 419 g/mol. The van der Waals surface area contributed by atoms with Gasteiger partial charge in [0.2, 0.25) is 0 Å². The lowest BCUT2D eigenvalue weighted by Gasteiger charge is -2.33. The normalized spacial score (nSPS) is 17.6. The number of hydrogen-bond acceptors (Lipinski definition) is 4. The molecule has 8 heteroatoms. The number of rotatable bonds is 3. The van der Waals surface area contributed by atoms with Gasteiger partial charge in [-0.25, -0.2) is 9.07 Å². The number of amides is 1. The minimum Gasteiger partial charge on any atom is -0.343 e. The fourth-order valence-corrected chi connectivity index (χ4v) is 4.38. The lowest BCUT2D eigenvalue weighted by atomic mass is 9.85. The standard InChI is InChI=1S/C23H18ClFN4O2/c24-17-5-2-1-4-15(17)21-20-18(6-3-7-19(20)30)28-22-16(12-26-29(21)22)23(31)27-14-10-8-13(25)9-11-14/h1-2,4-5,8-12,21,28H,3,6-7H2,(H,27,31). The van der Waals surface area contributed by atoms with Gasteiger partial charge in [-0.2, -0.15) is 5.10 Å². The number of nitrogens with one attached hydrogen (secondary N) is 2. The Morgan fingerprint density at radius 1 is 1.16 bits per heavy atom. The van der Waals surface area contributed by atoms with Crippen LogP contribution in [0.4, 0.5) is 15.9 Å². The van der Waals surface area contributed by atoms with Crippen molar-refractivity contribution in [3.63, 3.8) is 0 Å². The molecule has 0 fully saturated rings. The highest BCUT2D eigenvalue weighted by molar-refractivity contribution is 6.31. The van der Waals surface area contributed by atoms with E-state index in [0.717, 1.165) is 17.7 Å². The van der Waals surface area contributed by atoms with Crippen molar-refractivity contribution in [2.75, 3.05) is 10.6 Å². The van der Waals surface area contributed by atoms with Gasteiger partial charge in [0.25, 0.3) is 5.91 Å². The Bertz CT molecular complexity index is 1230. The molecule has 0 bridgehead atoms. The monoisotopic (exact) mass is 436 g/mol. The van der Waals surface area contributed by atoms with Crippen molar-refractivity contribution < 1.29 is 14.0 Å². The van der Waals surface area contributed by atoms with Crippen molar-refractivity contribution in [2.45, 2.75) is 25.3 Å². The molecule has 0 spiro atoms. The van der Waals surface area contributed by atoms with Crippen LogP contribution in [-0.2, 0) is 4.79 Å². The van der Waals surface area contributed by atoms with Crippen molar-refractivity contribution >= 4 is 34.8 Å². The maximum atomic E-state index is 13.2. The van der Waals surface area contributed by atoms with Gasteiger partial charge in [0.1, 0.15) is 23.2 Å². The Morgan fingerprint density at radius 2 is 1.94 bits per heavy atom. The third-order valence-corrected chi connectivity index (χ3v) is 5.93. The number of fused-ring (bicyclic) bond motifs is 1. The second-order valence-electron chi connectivity index (χ2n) is 7.53. The average molecular weight is 437 g/mol. The summed E-state index contributed by atoms with van der Waals surface area (Å²) in [6, 6.07) is 12.4. The lowest BCUT2D eigenvalue weighted by Crippen LogP contribution is -2.32. The molecule has 2 N–H and O–H groups in total. The number of aromatic nitrogens is 2. The molecule has 1 amide bonds. The van der Waals surface area contributed by atoms with Crippen molar-refractivity contribution in [2.24, 2.45) is 0 Å². The van der Waals surface area contributed by atoms with E-state index in [1.165, 1.54) is 30.5 Å². The number of nitrogens with zero attached hydrogens (tertiary/aromatic N) is 2. The number of ketones is 1. The van der Waals surface area contributed by atoms with Gasteiger partial charge in [0.15, 0.2) is 5.78 Å². The summed E-state index contributed by atoms with van der Waals surface area (Å²) >= 11 is 6.49. The van der Waals surface area contributed by atoms with Crippen LogP contribution in [0.5, 0.6) is 0 Å². The highest BCUT2D eigenvalue weighted by Gasteiger charge is 2.38. The van der Waals surface area contributed by atoms with Crippen LogP contribution in [0, 0.1) is 5.82 Å². The van der Waals surface area contributed by atoms with Gasteiger partial charge in [-0.1, -0.05) is 29.8 Å². The summed E-state index contributed by atoms with van der Waals surface area (Å²) in [7, 11) is 0. The summed E-state index contributed by atoms with van der Waals surface area (Å²) in [5.74, 6) is -0.217. The summed E-state index contributed by atoms with van der Waals surface area (Å²) in [6.07, 6.45) is 3.38. The molecule has 0 saturated heterocycles. The SMILES string of the molecule is O=C1CCCC2=C1C(c1ccccc1Cl)n1ncc(C(=O)Nc3ccc(F)cc3)c1N2. The second-order valence-corrected chi connectivity index (χ2v) is 7.94. The van der Waals surface area contributed by atoms with Gasteiger partial charge >= 0.3 is 0 Å². The Labute approximate surface area is 182 Å². The molecule has 6 nitrogen and oxygen atoms in total. The zero-order chi connectivity index (χ0) is 21.5. The summed E-state index contributed by atoms with van der Waals surface area (Å²) in [5, 5.41) is 11.0. The third-order valence-electron chi connectivity index (χ3n) is 5.59. The predicted molar refractivity (Wildman–Crippen MR) is 116 cm³/mol. The molecule has 2 heterocycles. The lowest BCUT2D eigenvalue weighted by molar-refractivity contribution is -0.116. The number of carbonyl (C=O) groups excluding carboxylic acids is 2. The number of halogens is 2. The zero-order valence-electron chi connectivity index (χ0n) is 16.4. The van der Waals surface area contributed by atoms with Crippen molar-refractivity contribution in [1.29, 1.82) is 0 Å². The molecule has 0 saturated carbocycles. The fraction of sp³-hybridized carbons (Fsp3) is 0.174. The smallest absolute Gasteiger partial charge is 0.261 e. The van der Waals surface area contributed by atoms with Crippen LogP contribution in [0.1, 0.15) is 41.2 Å². The molecule has 1 aliphatic heterocycles. The van der Waals surface area contributed by atoms with Gasteiger partial charge in [-0.15, -0.1) is 0 Å². The Hall–Kier alpha value is -3.45. The van der Waals surface area contributed by atoms with E-state index in [-0.39, 0.29) is 17.5 Å². The van der Waals surface area contributed by atoms with E-state index in [0.29, 0.717) is 40.5 Å². The summed E-state index contributed by atoms with van der Waals surface area (Å²) in [6.45, 7) is 0. The van der Waals surface area contributed by atoms with Gasteiger partial charge < -0.3 is 10.6 Å². The van der Waals surface area contributed by atoms with Gasteiger partial charge in [-0.05, 0) is 48.7 Å². The molecule has 2 aromatic carbocycles. The molecule has 0 radical (unpaired) electrons. The van der Waals surface area contributed by atoms with E-state index in [4.69, 9.17) is 11.6 Å². The number of Topliss-reactive ketones (excluding diaryl/α,β-unsaturated/α-hetero) is 1. The maximum absolute atomic E-state index is 13.2. The maximum Gasteiger partial charge on any atom is 0.261 e. The molecule has 156 valence electrons. The molecule has 1 aromatic heterocycles. The summed E-state index contributed by atoms with van der Waals surface area (Å²) in [5.41, 5.74) is 2.98. The number of anilines is 2. The molecular formula is C23H18ClFN4O2. The minimum absolute atomic E-state index is 0.0529. The van der Waals surface area contributed by atoms with E-state index in [2.05, 4.69) is 15.7 Å². The minimum atomic E-state index is -0.514. The first-order valence-corrected chi connectivity index (χ1v) is 10.3. The van der Waals surface area contributed by atoms with E-state index < -0.39 is 6.04 Å². The van der Waals surface area contributed by atoms with Crippen molar-refractivity contribution in [1.82, 2.24) is 9.78 Å². The second kappa shape index (κ2) is 7.67. The molecule has 1 atom stereocenters. The Kier molecular flexibility index (Phi) is 4.82. The van der Waals surface area contributed by atoms with Crippen LogP contribution < -0.4 is 10.6 Å². The van der Waals surface area contributed by atoms with Gasteiger partial charge in [-0.3, -0.25) is 9.59 Å². The highest BCUT2D eigenvalue weighted by atomic mass is 35.5. The quantitative estimate of drug-likeness (QED) is 0.609. The molecule has 5 rings (SSSR count). The van der Waals surface area contributed by atoms with Gasteiger partial charge in [0.05, 0.1) is 6.20 Å². The number of carbonyl (C=O) groups is 2. The summed E-state index contributed by atoms with van der Waals surface area (Å²) < 4.78 is 14.8. The van der Waals surface area contributed by atoms with Crippen molar-refractivity contribution in [3.05, 3.63) is 88.0 Å². The summed E-state index contributed by atoms with van der Waals surface area (Å²) in [4.78, 5) is 25.8. The first kappa shape index (κ1) is 19.5. The van der Waals surface area contributed by atoms with E-state index in [1.54, 1.807) is 10.7 Å². The average Bonchev–Trinajstić information content (AvgIpc) is 3.18. The Balaban J connectivity index is 1.58. The van der Waals surface area contributed by atoms with Gasteiger partial charge in [0, 0.05) is 28.4 Å². The fourth-order valence-electron chi connectivity index (χ4n) is 4.14. The predicted octanol–water partition coefficient (Wildman–Crippen LogP) is 4.95. The molecule has 2 aliphatic rings. The molecule has 1 aliphatic carbocycles. The first-order valence-electron chi connectivity index (χ1n) is 9.95. The topological polar surface area (TPSA) is 76.0 Å². The molecule has 3 aromatic rings.